The highest BCUT2D eigenvalue weighted by Crippen LogP contribution is 2.44. The molecule has 1 N–H and O–H groups in total. The Morgan fingerprint density at radius 2 is 1.90 bits per heavy atom. The standard InChI is InChI=1S/C18H34N2O/c1-3-21-12-11-20-13-17(15-7-5-4-6-8-15)19-14-18(20,2)16-9-10-16/h15-17,19H,3-14H2,1-2H3. The highest BCUT2D eigenvalue weighted by molar-refractivity contribution is 5.05. The first-order valence-corrected chi connectivity index (χ1v) is 9.30. The molecule has 0 aromatic heterocycles. The van der Waals surface area contributed by atoms with E-state index >= 15 is 0 Å². The van der Waals surface area contributed by atoms with Gasteiger partial charge in [0.2, 0.25) is 0 Å². The smallest absolute Gasteiger partial charge is 0.0593 e. The molecule has 122 valence electrons. The van der Waals surface area contributed by atoms with Crippen molar-refractivity contribution < 1.29 is 4.74 Å². The third-order valence-corrected chi connectivity index (χ3v) is 6.25. The molecule has 2 aliphatic carbocycles. The van der Waals surface area contributed by atoms with Crippen molar-refractivity contribution in [1.29, 1.82) is 0 Å². The minimum atomic E-state index is 0.377. The summed E-state index contributed by atoms with van der Waals surface area (Å²) in [6.45, 7) is 9.87. The van der Waals surface area contributed by atoms with Gasteiger partial charge in [0.25, 0.3) is 0 Å². The molecule has 3 aliphatic rings. The van der Waals surface area contributed by atoms with Gasteiger partial charge in [0.05, 0.1) is 6.61 Å². The van der Waals surface area contributed by atoms with Crippen molar-refractivity contribution in [2.45, 2.75) is 70.4 Å². The van der Waals surface area contributed by atoms with Gasteiger partial charge in [-0.15, -0.1) is 0 Å². The van der Waals surface area contributed by atoms with Gasteiger partial charge in [-0.05, 0) is 51.4 Å². The van der Waals surface area contributed by atoms with Crippen molar-refractivity contribution in [3.63, 3.8) is 0 Å². The molecule has 0 spiro atoms. The van der Waals surface area contributed by atoms with Crippen molar-refractivity contribution in [1.82, 2.24) is 10.2 Å². The van der Waals surface area contributed by atoms with E-state index in [1.165, 1.54) is 58.0 Å². The minimum absolute atomic E-state index is 0.377. The molecule has 0 bridgehead atoms. The fourth-order valence-corrected chi connectivity index (χ4v) is 4.59. The summed E-state index contributed by atoms with van der Waals surface area (Å²) in [4.78, 5) is 2.77. The molecule has 0 aromatic carbocycles. The minimum Gasteiger partial charge on any atom is -0.380 e. The molecule has 0 aromatic rings. The average Bonchev–Trinajstić information content (AvgIpc) is 3.35. The SMILES string of the molecule is CCOCCN1CC(C2CCCCC2)NCC1(C)C1CC1. The van der Waals surface area contributed by atoms with Gasteiger partial charge in [-0.1, -0.05) is 19.3 Å². The topological polar surface area (TPSA) is 24.5 Å². The Balaban J connectivity index is 1.61. The molecule has 21 heavy (non-hydrogen) atoms. The van der Waals surface area contributed by atoms with Crippen LogP contribution in [-0.4, -0.2) is 49.3 Å². The number of piperazine rings is 1. The predicted molar refractivity (Wildman–Crippen MR) is 87.6 cm³/mol. The van der Waals surface area contributed by atoms with E-state index in [4.69, 9.17) is 4.74 Å². The Morgan fingerprint density at radius 3 is 2.57 bits per heavy atom. The molecule has 3 rings (SSSR count). The van der Waals surface area contributed by atoms with Crippen LogP contribution in [0.1, 0.15) is 58.8 Å². The van der Waals surface area contributed by atoms with Gasteiger partial charge in [0.15, 0.2) is 0 Å². The summed E-state index contributed by atoms with van der Waals surface area (Å²) in [5, 5.41) is 3.94. The molecule has 2 saturated carbocycles. The van der Waals surface area contributed by atoms with Gasteiger partial charge in [0, 0.05) is 37.8 Å². The number of nitrogens with zero attached hydrogens (tertiary/aromatic N) is 1. The van der Waals surface area contributed by atoms with Crippen LogP contribution in [0.25, 0.3) is 0 Å². The third-order valence-electron chi connectivity index (χ3n) is 6.25. The highest BCUT2D eigenvalue weighted by Gasteiger charge is 2.48. The van der Waals surface area contributed by atoms with Crippen molar-refractivity contribution in [2.75, 3.05) is 32.8 Å². The molecule has 2 unspecified atom stereocenters. The lowest BCUT2D eigenvalue weighted by Gasteiger charge is -2.50. The van der Waals surface area contributed by atoms with Gasteiger partial charge in [-0.2, -0.15) is 0 Å². The second-order valence-electron chi connectivity index (χ2n) is 7.66. The number of hydrogen-bond donors (Lipinski definition) is 1. The third kappa shape index (κ3) is 3.62. The van der Waals surface area contributed by atoms with Crippen LogP contribution in [0, 0.1) is 11.8 Å². The molecular weight excluding hydrogens is 260 g/mol. The van der Waals surface area contributed by atoms with Crippen molar-refractivity contribution in [3.8, 4) is 0 Å². The summed E-state index contributed by atoms with van der Waals surface area (Å²) < 4.78 is 5.65. The predicted octanol–water partition coefficient (Wildman–Crippen LogP) is 3.05. The van der Waals surface area contributed by atoms with E-state index in [9.17, 15) is 0 Å². The summed E-state index contributed by atoms with van der Waals surface area (Å²) in [5.41, 5.74) is 0.377. The first-order chi connectivity index (χ1) is 10.2. The number of hydrogen-bond acceptors (Lipinski definition) is 3. The van der Waals surface area contributed by atoms with Crippen LogP contribution in [0.3, 0.4) is 0 Å². The van der Waals surface area contributed by atoms with Gasteiger partial charge in [-0.25, -0.2) is 0 Å². The summed E-state index contributed by atoms with van der Waals surface area (Å²) in [6.07, 6.45) is 10.1. The Hall–Kier alpha value is -0.120. The zero-order valence-electron chi connectivity index (χ0n) is 14.1. The molecule has 1 saturated heterocycles. The number of ether oxygens (including phenoxy) is 1. The first-order valence-electron chi connectivity index (χ1n) is 9.30. The second-order valence-corrected chi connectivity index (χ2v) is 7.66. The molecule has 3 fully saturated rings. The van der Waals surface area contributed by atoms with Crippen molar-refractivity contribution in [2.24, 2.45) is 11.8 Å². The quantitative estimate of drug-likeness (QED) is 0.762. The zero-order chi connectivity index (χ0) is 14.7. The zero-order valence-corrected chi connectivity index (χ0v) is 14.1. The lowest BCUT2D eigenvalue weighted by molar-refractivity contribution is -0.00364. The second kappa shape index (κ2) is 6.97. The summed E-state index contributed by atoms with van der Waals surface area (Å²) in [7, 11) is 0. The lowest BCUT2D eigenvalue weighted by atomic mass is 9.80. The fraction of sp³-hybridized carbons (Fsp3) is 1.00. The van der Waals surface area contributed by atoms with E-state index in [0.29, 0.717) is 5.54 Å². The van der Waals surface area contributed by atoms with Gasteiger partial charge < -0.3 is 10.1 Å². The summed E-state index contributed by atoms with van der Waals surface area (Å²) in [5.74, 6) is 1.83. The van der Waals surface area contributed by atoms with Crippen LogP contribution in [0.5, 0.6) is 0 Å². The largest absolute Gasteiger partial charge is 0.380 e. The highest BCUT2D eigenvalue weighted by atomic mass is 16.5. The van der Waals surface area contributed by atoms with E-state index < -0.39 is 0 Å². The molecule has 1 aliphatic heterocycles. The molecule has 3 nitrogen and oxygen atoms in total. The van der Waals surface area contributed by atoms with Gasteiger partial charge in [0.1, 0.15) is 0 Å². The van der Waals surface area contributed by atoms with E-state index in [2.05, 4.69) is 24.1 Å². The molecular formula is C18H34N2O. The van der Waals surface area contributed by atoms with Crippen LogP contribution >= 0.6 is 0 Å². The average molecular weight is 294 g/mol. The molecule has 0 amide bonds. The first kappa shape index (κ1) is 15.8. The van der Waals surface area contributed by atoms with E-state index in [0.717, 1.165) is 37.6 Å². The van der Waals surface area contributed by atoms with Crippen molar-refractivity contribution >= 4 is 0 Å². The van der Waals surface area contributed by atoms with E-state index in [-0.39, 0.29) is 0 Å². The monoisotopic (exact) mass is 294 g/mol. The Bertz CT molecular complexity index is 325. The molecule has 1 heterocycles. The van der Waals surface area contributed by atoms with Crippen LogP contribution in [0.4, 0.5) is 0 Å². The van der Waals surface area contributed by atoms with Crippen LogP contribution < -0.4 is 5.32 Å². The maximum Gasteiger partial charge on any atom is 0.0593 e. The summed E-state index contributed by atoms with van der Waals surface area (Å²) >= 11 is 0. The maximum atomic E-state index is 5.65. The molecule has 2 atom stereocenters. The summed E-state index contributed by atoms with van der Waals surface area (Å²) in [6, 6.07) is 0.721. The lowest BCUT2D eigenvalue weighted by Crippen LogP contribution is -2.66. The molecule has 3 heteroatoms. The maximum absolute atomic E-state index is 5.65. The van der Waals surface area contributed by atoms with Crippen molar-refractivity contribution in [3.05, 3.63) is 0 Å². The number of rotatable bonds is 6. The van der Waals surface area contributed by atoms with Crippen LogP contribution in [0.2, 0.25) is 0 Å². The fourth-order valence-electron chi connectivity index (χ4n) is 4.59. The Morgan fingerprint density at radius 1 is 1.14 bits per heavy atom. The Kier molecular flexibility index (Phi) is 5.23. The van der Waals surface area contributed by atoms with Gasteiger partial charge >= 0.3 is 0 Å². The Labute approximate surface area is 130 Å². The van der Waals surface area contributed by atoms with E-state index in [1.807, 2.05) is 0 Å². The molecule has 0 radical (unpaired) electrons. The van der Waals surface area contributed by atoms with E-state index in [1.54, 1.807) is 0 Å². The normalized spacial score (nSPS) is 36.0. The van der Waals surface area contributed by atoms with Crippen LogP contribution in [-0.2, 0) is 4.74 Å². The van der Waals surface area contributed by atoms with Gasteiger partial charge in [-0.3, -0.25) is 4.90 Å². The number of nitrogens with one attached hydrogen (secondary N) is 1. The van der Waals surface area contributed by atoms with Crippen LogP contribution in [0.15, 0.2) is 0 Å².